The Morgan fingerprint density at radius 2 is 2.13 bits per heavy atom. The number of aromatic nitrogens is 2. The van der Waals surface area contributed by atoms with E-state index >= 15 is 0 Å². The van der Waals surface area contributed by atoms with Crippen molar-refractivity contribution in [3.8, 4) is 0 Å². The Hall–Kier alpha value is -1.57. The van der Waals surface area contributed by atoms with Gasteiger partial charge in [-0.2, -0.15) is 13.2 Å². The fourth-order valence-corrected chi connectivity index (χ4v) is 1.03. The number of H-pyrrole nitrogens is 1. The molecule has 0 radical (unpaired) electrons. The van der Waals surface area contributed by atoms with Crippen molar-refractivity contribution in [2.75, 3.05) is 0 Å². The fraction of sp³-hybridized carbons (Fsp3) is 0.429. The minimum absolute atomic E-state index is 0.836. The molecule has 0 saturated heterocycles. The molecule has 84 valence electrons. The molecule has 0 fully saturated rings. The number of carbonyl (C=O) groups is 1. The molecular formula is C7H7F3N2O3. The maximum atomic E-state index is 12.5. The van der Waals surface area contributed by atoms with Crippen LogP contribution in [0.25, 0.3) is 0 Å². The number of alkyl halides is 3. The maximum Gasteiger partial charge on any atom is 0.425 e. The van der Waals surface area contributed by atoms with Crippen LogP contribution in [0.5, 0.6) is 0 Å². The van der Waals surface area contributed by atoms with E-state index in [0.717, 1.165) is 12.4 Å². The number of aliphatic carboxylic acids is 1. The van der Waals surface area contributed by atoms with Gasteiger partial charge in [0.25, 0.3) is 0 Å². The molecule has 0 spiro atoms. The second-order valence-electron chi connectivity index (χ2n) is 2.87. The molecule has 1 heterocycles. The number of halogens is 3. The third kappa shape index (κ3) is 2.09. The topological polar surface area (TPSA) is 86.2 Å². The molecule has 0 aliphatic carbocycles. The normalized spacial score (nSPS) is 16.0. The number of nitrogens with zero attached hydrogens (tertiary/aromatic N) is 1. The summed E-state index contributed by atoms with van der Waals surface area (Å²) in [6.45, 7) is 0. The average molecular weight is 224 g/mol. The van der Waals surface area contributed by atoms with Crippen LogP contribution in [0.4, 0.5) is 13.2 Å². The van der Waals surface area contributed by atoms with Crippen LogP contribution in [0.1, 0.15) is 12.2 Å². The lowest BCUT2D eigenvalue weighted by Crippen LogP contribution is -2.45. The third-order valence-corrected chi connectivity index (χ3v) is 1.77. The summed E-state index contributed by atoms with van der Waals surface area (Å²) in [4.78, 5) is 15.5. The van der Waals surface area contributed by atoms with Gasteiger partial charge in [-0.1, -0.05) is 0 Å². The zero-order valence-electron chi connectivity index (χ0n) is 7.25. The summed E-state index contributed by atoms with van der Waals surface area (Å²) in [5.41, 5.74) is -3.48. The minimum atomic E-state index is -5.11. The summed E-state index contributed by atoms with van der Waals surface area (Å²) in [5, 5.41) is 17.6. The van der Waals surface area contributed by atoms with Gasteiger partial charge in [0.15, 0.2) is 0 Å². The Balaban J connectivity index is 3.13. The predicted molar refractivity (Wildman–Crippen MR) is 40.8 cm³/mol. The van der Waals surface area contributed by atoms with Crippen molar-refractivity contribution < 1.29 is 28.2 Å². The van der Waals surface area contributed by atoms with Crippen molar-refractivity contribution in [1.82, 2.24) is 9.97 Å². The molecule has 1 aromatic rings. The molecule has 1 rings (SSSR count). The molecule has 5 nitrogen and oxygen atoms in total. The highest BCUT2D eigenvalue weighted by Crippen LogP contribution is 2.39. The van der Waals surface area contributed by atoms with Crippen molar-refractivity contribution in [3.05, 3.63) is 18.2 Å². The van der Waals surface area contributed by atoms with E-state index in [0.29, 0.717) is 0 Å². The lowest BCUT2D eigenvalue weighted by atomic mass is 9.98. The smallest absolute Gasteiger partial charge is 0.425 e. The van der Waals surface area contributed by atoms with Gasteiger partial charge in [0.1, 0.15) is 5.82 Å². The Morgan fingerprint density at radius 3 is 2.47 bits per heavy atom. The summed E-state index contributed by atoms with van der Waals surface area (Å²) in [7, 11) is 0. The zero-order chi connectivity index (χ0) is 11.7. The van der Waals surface area contributed by atoms with Crippen LogP contribution in [-0.4, -0.2) is 32.3 Å². The van der Waals surface area contributed by atoms with Crippen LogP contribution in [0, 0.1) is 0 Å². The van der Waals surface area contributed by atoms with Crippen LogP contribution in [0.2, 0.25) is 0 Å². The van der Waals surface area contributed by atoms with Gasteiger partial charge >= 0.3 is 12.1 Å². The molecule has 1 aromatic heterocycles. The van der Waals surface area contributed by atoms with E-state index in [2.05, 4.69) is 4.98 Å². The van der Waals surface area contributed by atoms with E-state index in [-0.39, 0.29) is 0 Å². The molecule has 1 atom stereocenters. The van der Waals surface area contributed by atoms with Crippen LogP contribution in [-0.2, 0) is 10.4 Å². The van der Waals surface area contributed by atoms with Crippen LogP contribution in [0.15, 0.2) is 12.4 Å². The van der Waals surface area contributed by atoms with Crippen LogP contribution in [0.3, 0.4) is 0 Å². The summed E-state index contributed by atoms with van der Waals surface area (Å²) < 4.78 is 37.4. The van der Waals surface area contributed by atoms with Gasteiger partial charge in [-0.15, -0.1) is 0 Å². The van der Waals surface area contributed by atoms with Crippen molar-refractivity contribution in [2.24, 2.45) is 0 Å². The fourth-order valence-electron chi connectivity index (χ4n) is 1.03. The Morgan fingerprint density at radius 1 is 1.53 bits per heavy atom. The van der Waals surface area contributed by atoms with E-state index in [1.54, 1.807) is 0 Å². The van der Waals surface area contributed by atoms with Crippen molar-refractivity contribution in [3.63, 3.8) is 0 Å². The van der Waals surface area contributed by atoms with Gasteiger partial charge in [-0.25, -0.2) is 4.98 Å². The summed E-state index contributed by atoms with van der Waals surface area (Å²) in [6, 6.07) is 0. The molecule has 0 amide bonds. The van der Waals surface area contributed by atoms with E-state index in [1.165, 1.54) is 0 Å². The first-order chi connectivity index (χ1) is 6.77. The van der Waals surface area contributed by atoms with E-state index in [1.807, 2.05) is 4.98 Å². The SMILES string of the molecule is O=C(O)C[C@@](O)(c1ncc[nH]1)C(F)(F)F. The lowest BCUT2D eigenvalue weighted by molar-refractivity contribution is -0.271. The molecule has 0 unspecified atom stereocenters. The standard InChI is InChI=1S/C7H7F3N2O3/c8-7(9,10)6(15,3-4(13)14)5-11-1-2-12-5/h1-2,15H,3H2,(H,11,12)(H,13,14)/t6-/m1/s1. The highest BCUT2D eigenvalue weighted by Gasteiger charge is 2.58. The van der Waals surface area contributed by atoms with Gasteiger partial charge < -0.3 is 15.2 Å². The first-order valence-electron chi connectivity index (χ1n) is 3.78. The molecule has 0 aliphatic heterocycles. The quantitative estimate of drug-likeness (QED) is 0.702. The second kappa shape index (κ2) is 3.54. The molecule has 0 aliphatic rings. The van der Waals surface area contributed by atoms with E-state index in [9.17, 15) is 23.1 Å². The van der Waals surface area contributed by atoms with E-state index < -0.39 is 30.0 Å². The molecule has 15 heavy (non-hydrogen) atoms. The predicted octanol–water partition coefficient (Wildman–Crippen LogP) is 0.634. The number of nitrogens with one attached hydrogen (secondary N) is 1. The van der Waals surface area contributed by atoms with Gasteiger partial charge in [-0.3, -0.25) is 4.79 Å². The average Bonchev–Trinajstić information content (AvgIpc) is 2.51. The number of carboxylic acid groups (broad SMARTS) is 1. The van der Waals surface area contributed by atoms with Crippen molar-refractivity contribution in [1.29, 1.82) is 0 Å². The first-order valence-corrected chi connectivity index (χ1v) is 3.78. The molecule has 3 N–H and O–H groups in total. The maximum absolute atomic E-state index is 12.5. The van der Waals surface area contributed by atoms with Gasteiger partial charge in [-0.05, 0) is 0 Å². The van der Waals surface area contributed by atoms with Gasteiger partial charge in [0, 0.05) is 12.4 Å². The first kappa shape index (κ1) is 11.5. The molecular weight excluding hydrogens is 217 g/mol. The molecule has 0 saturated carbocycles. The number of aliphatic hydroxyl groups is 1. The zero-order valence-corrected chi connectivity index (χ0v) is 7.25. The molecule has 0 bridgehead atoms. The number of imidazole rings is 1. The van der Waals surface area contributed by atoms with E-state index in [4.69, 9.17) is 5.11 Å². The van der Waals surface area contributed by atoms with Gasteiger partial charge in [0.2, 0.25) is 5.60 Å². The Kier molecular flexibility index (Phi) is 2.71. The Labute approximate surface area is 81.6 Å². The van der Waals surface area contributed by atoms with Crippen LogP contribution >= 0.6 is 0 Å². The second-order valence-corrected chi connectivity index (χ2v) is 2.87. The number of rotatable bonds is 3. The largest absolute Gasteiger partial charge is 0.481 e. The summed E-state index contributed by atoms with van der Waals surface area (Å²) in [6.07, 6.45) is -4.55. The highest BCUT2D eigenvalue weighted by molar-refractivity contribution is 5.68. The monoisotopic (exact) mass is 224 g/mol. The van der Waals surface area contributed by atoms with Crippen LogP contribution < -0.4 is 0 Å². The molecule has 0 aromatic carbocycles. The lowest BCUT2D eigenvalue weighted by Gasteiger charge is -2.26. The summed E-state index contributed by atoms with van der Waals surface area (Å²) >= 11 is 0. The molecule has 8 heteroatoms. The number of hydrogen-bond donors (Lipinski definition) is 3. The van der Waals surface area contributed by atoms with Crippen molar-refractivity contribution >= 4 is 5.97 Å². The number of hydrogen-bond acceptors (Lipinski definition) is 3. The third-order valence-electron chi connectivity index (χ3n) is 1.77. The minimum Gasteiger partial charge on any atom is -0.481 e. The summed E-state index contributed by atoms with van der Waals surface area (Å²) in [5.74, 6) is -2.61. The number of aromatic amines is 1. The van der Waals surface area contributed by atoms with Gasteiger partial charge in [0.05, 0.1) is 6.42 Å². The number of carboxylic acids is 1. The highest BCUT2D eigenvalue weighted by atomic mass is 19.4. The van der Waals surface area contributed by atoms with Crippen molar-refractivity contribution in [2.45, 2.75) is 18.2 Å². The Bertz CT molecular complexity index is 349.